The van der Waals surface area contributed by atoms with E-state index in [4.69, 9.17) is 0 Å². The summed E-state index contributed by atoms with van der Waals surface area (Å²) >= 11 is 0. The van der Waals surface area contributed by atoms with Crippen LogP contribution in [0.15, 0.2) is 54.6 Å². The van der Waals surface area contributed by atoms with Gasteiger partial charge in [-0.1, -0.05) is 44.2 Å². The van der Waals surface area contributed by atoms with E-state index in [1.807, 2.05) is 53.4 Å². The van der Waals surface area contributed by atoms with Crippen molar-refractivity contribution in [3.05, 3.63) is 65.7 Å². The second-order valence-corrected chi connectivity index (χ2v) is 7.99. The van der Waals surface area contributed by atoms with Gasteiger partial charge in [-0.2, -0.15) is 0 Å². The number of nitrogens with zero attached hydrogens (tertiary/aromatic N) is 2. The number of likely N-dealkylation sites (N-methyl/N-ethyl adjacent to an activating group) is 1. The Balaban J connectivity index is 1.58. The molecule has 1 atom stereocenters. The third kappa shape index (κ3) is 6.56. The minimum Gasteiger partial charge on any atom is -0.351 e. The number of urea groups is 1. The summed E-state index contributed by atoms with van der Waals surface area (Å²) in [4.78, 5) is 29.5. The molecule has 2 aromatic rings. The number of anilines is 1. The van der Waals surface area contributed by atoms with E-state index in [0.29, 0.717) is 18.7 Å². The number of likely N-dealkylation sites (tertiary alicyclic amines) is 1. The van der Waals surface area contributed by atoms with Gasteiger partial charge in [0.2, 0.25) is 0 Å². The SMILES string of the molecule is CCN(CC)CCNC(=O)c1cccc([C@@H]2CCCN(C(=O)Nc3ccccc3)C2)c1. The van der Waals surface area contributed by atoms with Gasteiger partial charge in [-0.15, -0.1) is 0 Å². The summed E-state index contributed by atoms with van der Waals surface area (Å²) < 4.78 is 0. The van der Waals surface area contributed by atoms with Gasteiger partial charge in [0.25, 0.3) is 5.91 Å². The van der Waals surface area contributed by atoms with E-state index in [2.05, 4.69) is 35.4 Å². The molecule has 2 aromatic carbocycles. The average molecular weight is 423 g/mol. The summed E-state index contributed by atoms with van der Waals surface area (Å²) in [6.45, 7) is 9.13. The molecule has 1 fully saturated rings. The first-order chi connectivity index (χ1) is 15.1. The Morgan fingerprint density at radius 2 is 1.84 bits per heavy atom. The van der Waals surface area contributed by atoms with Crippen molar-refractivity contribution in [2.24, 2.45) is 0 Å². The highest BCUT2D eigenvalue weighted by Gasteiger charge is 2.25. The summed E-state index contributed by atoms with van der Waals surface area (Å²) in [6.07, 6.45) is 1.97. The van der Waals surface area contributed by atoms with Crippen molar-refractivity contribution in [3.8, 4) is 0 Å². The number of para-hydroxylation sites is 1. The Kier molecular flexibility index (Phi) is 8.47. The first kappa shape index (κ1) is 22.8. The van der Waals surface area contributed by atoms with Gasteiger partial charge < -0.3 is 20.4 Å². The van der Waals surface area contributed by atoms with Crippen LogP contribution in [-0.2, 0) is 0 Å². The van der Waals surface area contributed by atoms with E-state index in [9.17, 15) is 9.59 Å². The fourth-order valence-electron chi connectivity index (χ4n) is 4.06. The number of benzene rings is 2. The molecule has 3 amide bonds. The summed E-state index contributed by atoms with van der Waals surface area (Å²) in [5, 5.41) is 6.00. The standard InChI is InChI=1S/C25H34N4O2/c1-3-28(4-2)17-15-26-24(30)21-11-8-10-20(18-21)22-12-9-16-29(19-22)25(31)27-23-13-6-5-7-14-23/h5-8,10-11,13-14,18,22H,3-4,9,12,15-17,19H2,1-2H3,(H,26,30)(H,27,31)/t22-/m1/s1. The Morgan fingerprint density at radius 3 is 2.58 bits per heavy atom. The zero-order valence-corrected chi connectivity index (χ0v) is 18.6. The molecule has 1 heterocycles. The van der Waals surface area contributed by atoms with Crippen LogP contribution in [-0.4, -0.2) is 61.0 Å². The molecule has 166 valence electrons. The number of hydrogen-bond donors (Lipinski definition) is 2. The molecular weight excluding hydrogens is 388 g/mol. The first-order valence-electron chi connectivity index (χ1n) is 11.3. The molecule has 6 heteroatoms. The van der Waals surface area contributed by atoms with Crippen molar-refractivity contribution in [2.75, 3.05) is 44.6 Å². The maximum absolute atomic E-state index is 12.7. The van der Waals surface area contributed by atoms with Gasteiger partial charge in [-0.05, 0) is 55.8 Å². The third-order valence-corrected chi connectivity index (χ3v) is 5.96. The Morgan fingerprint density at radius 1 is 1.06 bits per heavy atom. The van der Waals surface area contributed by atoms with E-state index in [1.54, 1.807) is 0 Å². The molecule has 1 aliphatic rings. The monoisotopic (exact) mass is 422 g/mol. The lowest BCUT2D eigenvalue weighted by Gasteiger charge is -2.33. The smallest absolute Gasteiger partial charge is 0.321 e. The molecule has 1 saturated heterocycles. The van der Waals surface area contributed by atoms with Crippen LogP contribution >= 0.6 is 0 Å². The van der Waals surface area contributed by atoms with Gasteiger partial charge >= 0.3 is 6.03 Å². The van der Waals surface area contributed by atoms with Crippen LogP contribution in [0.4, 0.5) is 10.5 Å². The molecule has 0 aliphatic carbocycles. The summed E-state index contributed by atoms with van der Waals surface area (Å²) in [6, 6.07) is 17.3. The number of carbonyl (C=O) groups excluding carboxylic acids is 2. The zero-order valence-electron chi connectivity index (χ0n) is 18.6. The summed E-state index contributed by atoms with van der Waals surface area (Å²) in [7, 11) is 0. The van der Waals surface area contributed by atoms with Crippen molar-refractivity contribution in [1.29, 1.82) is 0 Å². The van der Waals surface area contributed by atoms with Crippen LogP contribution in [0.1, 0.15) is 48.5 Å². The minimum absolute atomic E-state index is 0.0384. The van der Waals surface area contributed by atoms with Gasteiger partial charge in [0, 0.05) is 43.3 Å². The Hall–Kier alpha value is -2.86. The topological polar surface area (TPSA) is 64.7 Å². The zero-order chi connectivity index (χ0) is 22.1. The van der Waals surface area contributed by atoms with Gasteiger partial charge in [-0.3, -0.25) is 4.79 Å². The second kappa shape index (κ2) is 11.5. The number of nitrogens with one attached hydrogen (secondary N) is 2. The number of piperidine rings is 1. The van der Waals surface area contributed by atoms with Crippen molar-refractivity contribution < 1.29 is 9.59 Å². The van der Waals surface area contributed by atoms with Crippen molar-refractivity contribution in [1.82, 2.24) is 15.1 Å². The van der Waals surface area contributed by atoms with Crippen LogP contribution in [0.2, 0.25) is 0 Å². The van der Waals surface area contributed by atoms with Gasteiger partial charge in [0.15, 0.2) is 0 Å². The Labute approximate surface area is 185 Å². The molecule has 0 aromatic heterocycles. The van der Waals surface area contributed by atoms with Crippen LogP contribution < -0.4 is 10.6 Å². The molecule has 0 radical (unpaired) electrons. The summed E-state index contributed by atoms with van der Waals surface area (Å²) in [5.74, 6) is 0.196. The van der Waals surface area contributed by atoms with E-state index in [-0.39, 0.29) is 17.9 Å². The quantitative estimate of drug-likeness (QED) is 0.671. The van der Waals surface area contributed by atoms with E-state index >= 15 is 0 Å². The van der Waals surface area contributed by atoms with Gasteiger partial charge in [0.05, 0.1) is 0 Å². The molecule has 31 heavy (non-hydrogen) atoms. The second-order valence-electron chi connectivity index (χ2n) is 7.99. The van der Waals surface area contributed by atoms with Crippen molar-refractivity contribution >= 4 is 17.6 Å². The fraction of sp³-hybridized carbons (Fsp3) is 0.440. The third-order valence-electron chi connectivity index (χ3n) is 5.96. The number of amides is 3. The predicted octanol–water partition coefficient (Wildman–Crippen LogP) is 4.17. The van der Waals surface area contributed by atoms with E-state index in [0.717, 1.165) is 50.3 Å². The molecule has 1 aliphatic heterocycles. The molecule has 3 rings (SSSR count). The molecule has 0 saturated carbocycles. The molecule has 0 unspecified atom stereocenters. The molecule has 6 nitrogen and oxygen atoms in total. The Bertz CT molecular complexity index is 852. The van der Waals surface area contributed by atoms with E-state index < -0.39 is 0 Å². The lowest BCUT2D eigenvalue weighted by atomic mass is 9.89. The lowest BCUT2D eigenvalue weighted by molar-refractivity contribution is 0.0948. The highest BCUT2D eigenvalue weighted by atomic mass is 16.2. The molecule has 0 spiro atoms. The maximum Gasteiger partial charge on any atom is 0.321 e. The minimum atomic E-state index is -0.0683. The summed E-state index contributed by atoms with van der Waals surface area (Å²) in [5.41, 5.74) is 2.61. The number of carbonyl (C=O) groups is 2. The van der Waals surface area contributed by atoms with Crippen LogP contribution in [0.3, 0.4) is 0 Å². The maximum atomic E-state index is 12.7. The first-order valence-corrected chi connectivity index (χ1v) is 11.3. The van der Waals surface area contributed by atoms with Crippen LogP contribution in [0.5, 0.6) is 0 Å². The van der Waals surface area contributed by atoms with Crippen molar-refractivity contribution in [2.45, 2.75) is 32.6 Å². The fourth-order valence-corrected chi connectivity index (χ4v) is 4.06. The number of hydrogen-bond acceptors (Lipinski definition) is 3. The van der Waals surface area contributed by atoms with Crippen LogP contribution in [0.25, 0.3) is 0 Å². The van der Waals surface area contributed by atoms with Crippen molar-refractivity contribution in [3.63, 3.8) is 0 Å². The number of rotatable bonds is 8. The van der Waals surface area contributed by atoms with Gasteiger partial charge in [0.1, 0.15) is 0 Å². The highest BCUT2D eigenvalue weighted by molar-refractivity contribution is 5.94. The largest absolute Gasteiger partial charge is 0.351 e. The molecule has 0 bridgehead atoms. The normalized spacial score (nSPS) is 16.2. The lowest BCUT2D eigenvalue weighted by Crippen LogP contribution is -2.41. The average Bonchev–Trinajstić information content (AvgIpc) is 2.82. The van der Waals surface area contributed by atoms with Gasteiger partial charge in [-0.25, -0.2) is 4.79 Å². The molecule has 2 N–H and O–H groups in total. The molecular formula is C25H34N4O2. The highest BCUT2D eigenvalue weighted by Crippen LogP contribution is 2.28. The van der Waals surface area contributed by atoms with E-state index in [1.165, 1.54) is 0 Å². The van der Waals surface area contributed by atoms with Crippen LogP contribution in [0, 0.1) is 0 Å². The predicted molar refractivity (Wildman–Crippen MR) is 126 cm³/mol.